The van der Waals surface area contributed by atoms with Crippen molar-refractivity contribution in [2.75, 3.05) is 37.9 Å². The monoisotopic (exact) mass is 360 g/mol. The van der Waals surface area contributed by atoms with Crippen molar-refractivity contribution < 1.29 is 14.4 Å². The molecule has 0 radical (unpaired) electrons. The Bertz CT molecular complexity index is 943. The first kappa shape index (κ1) is 16.6. The fourth-order valence-electron chi connectivity index (χ4n) is 3.43. The van der Waals surface area contributed by atoms with Gasteiger partial charge < -0.3 is 19.3 Å². The summed E-state index contributed by atoms with van der Waals surface area (Å²) in [5.41, 5.74) is 0.451. The average Bonchev–Trinajstić information content (AvgIpc) is 3.11. The molecule has 1 fully saturated rings. The van der Waals surface area contributed by atoms with Crippen molar-refractivity contribution in [2.45, 2.75) is 6.54 Å². The number of anilines is 1. The van der Waals surface area contributed by atoms with Crippen LogP contribution in [0.5, 0.6) is 11.5 Å². The standard InChI is InChI=1S/C17H21N5O4/c1-19-16(23)15(18-20(2)17(19)24)22-7-5-21(6-8-22)10-12-3-4-13-14(9-12)26-11-25-13/h3-4,9H,5-8,10-11H2,1-2H3/p+1. The Morgan fingerprint density at radius 2 is 1.85 bits per heavy atom. The first-order chi connectivity index (χ1) is 12.5. The van der Waals surface area contributed by atoms with Crippen LogP contribution in [0.1, 0.15) is 5.56 Å². The lowest BCUT2D eigenvalue weighted by molar-refractivity contribution is -0.914. The minimum atomic E-state index is -0.411. The number of nitrogens with zero attached hydrogens (tertiary/aromatic N) is 4. The number of hydrogen-bond acceptors (Lipinski definition) is 6. The Kier molecular flexibility index (Phi) is 4.15. The Labute approximate surface area is 150 Å². The van der Waals surface area contributed by atoms with Gasteiger partial charge in [0, 0.05) is 19.7 Å². The summed E-state index contributed by atoms with van der Waals surface area (Å²) in [5.74, 6) is 1.94. The summed E-state index contributed by atoms with van der Waals surface area (Å²) in [4.78, 5) is 27.5. The number of aromatic nitrogens is 3. The van der Waals surface area contributed by atoms with Gasteiger partial charge in [0.15, 0.2) is 11.5 Å². The molecule has 0 aliphatic carbocycles. The van der Waals surface area contributed by atoms with Crippen LogP contribution >= 0.6 is 0 Å². The summed E-state index contributed by atoms with van der Waals surface area (Å²) >= 11 is 0. The molecule has 2 aliphatic heterocycles. The third kappa shape index (κ3) is 2.94. The molecular formula is C17H22N5O4+. The lowest BCUT2D eigenvalue weighted by atomic mass is 10.1. The summed E-state index contributed by atoms with van der Waals surface area (Å²) in [6, 6.07) is 6.05. The predicted octanol–water partition coefficient (Wildman–Crippen LogP) is -1.89. The first-order valence-electron chi connectivity index (χ1n) is 8.64. The van der Waals surface area contributed by atoms with Crippen LogP contribution in [0.3, 0.4) is 0 Å². The van der Waals surface area contributed by atoms with Gasteiger partial charge in [0.25, 0.3) is 5.56 Å². The van der Waals surface area contributed by atoms with Gasteiger partial charge in [-0.25, -0.2) is 9.48 Å². The van der Waals surface area contributed by atoms with Crippen molar-refractivity contribution >= 4 is 5.82 Å². The van der Waals surface area contributed by atoms with Crippen LogP contribution in [0.4, 0.5) is 5.82 Å². The molecule has 0 amide bonds. The summed E-state index contributed by atoms with van der Waals surface area (Å²) < 4.78 is 13.1. The fraction of sp³-hybridized carbons (Fsp3) is 0.471. The van der Waals surface area contributed by atoms with Gasteiger partial charge in [0.1, 0.15) is 6.54 Å². The summed E-state index contributed by atoms with van der Waals surface area (Å²) in [7, 11) is 3.05. The summed E-state index contributed by atoms with van der Waals surface area (Å²) in [5, 5.41) is 4.16. The number of fused-ring (bicyclic) bond motifs is 1. The maximum absolute atomic E-state index is 12.3. The van der Waals surface area contributed by atoms with Gasteiger partial charge in [0.2, 0.25) is 12.6 Å². The molecule has 2 aliphatic rings. The number of quaternary nitrogens is 1. The predicted molar refractivity (Wildman–Crippen MR) is 93.9 cm³/mol. The number of rotatable bonds is 3. The van der Waals surface area contributed by atoms with Crippen LogP contribution in [-0.2, 0) is 20.6 Å². The molecule has 0 atom stereocenters. The van der Waals surface area contributed by atoms with E-state index in [0.717, 1.165) is 48.8 Å². The molecular weight excluding hydrogens is 338 g/mol. The Morgan fingerprint density at radius 1 is 1.12 bits per heavy atom. The molecule has 138 valence electrons. The van der Waals surface area contributed by atoms with E-state index in [1.54, 1.807) is 7.05 Å². The van der Waals surface area contributed by atoms with Gasteiger partial charge in [-0.3, -0.25) is 9.36 Å². The van der Waals surface area contributed by atoms with Gasteiger partial charge >= 0.3 is 5.69 Å². The van der Waals surface area contributed by atoms with E-state index in [1.165, 1.54) is 22.2 Å². The molecule has 9 heteroatoms. The summed E-state index contributed by atoms with van der Waals surface area (Å²) in [6.45, 7) is 4.40. The second-order valence-corrected chi connectivity index (χ2v) is 6.70. The van der Waals surface area contributed by atoms with Crippen LogP contribution < -0.4 is 30.5 Å². The maximum atomic E-state index is 12.3. The van der Waals surface area contributed by atoms with Gasteiger partial charge in [-0.05, 0) is 18.2 Å². The molecule has 9 nitrogen and oxygen atoms in total. The largest absolute Gasteiger partial charge is 0.454 e. The lowest BCUT2D eigenvalue weighted by Gasteiger charge is -2.32. The fourth-order valence-corrected chi connectivity index (χ4v) is 3.43. The number of ether oxygens (including phenoxy) is 2. The third-order valence-electron chi connectivity index (χ3n) is 4.97. The minimum absolute atomic E-state index is 0.284. The van der Waals surface area contributed by atoms with E-state index < -0.39 is 5.69 Å². The lowest BCUT2D eigenvalue weighted by Crippen LogP contribution is -3.13. The normalized spacial score (nSPS) is 16.9. The maximum Gasteiger partial charge on any atom is 0.346 e. The van der Waals surface area contributed by atoms with Crippen molar-refractivity contribution in [1.82, 2.24) is 14.3 Å². The van der Waals surface area contributed by atoms with E-state index in [2.05, 4.69) is 11.2 Å². The van der Waals surface area contributed by atoms with Crippen molar-refractivity contribution in [1.29, 1.82) is 0 Å². The SMILES string of the molecule is Cn1nc(N2CC[NH+](Cc3ccc4c(c3)OCO4)CC2)c(=O)n(C)c1=O. The van der Waals surface area contributed by atoms with Crippen molar-refractivity contribution in [3.8, 4) is 11.5 Å². The molecule has 0 saturated carbocycles. The number of hydrogen-bond donors (Lipinski definition) is 1. The zero-order chi connectivity index (χ0) is 18.3. The number of nitrogens with one attached hydrogen (secondary N) is 1. The molecule has 2 aromatic rings. The molecule has 26 heavy (non-hydrogen) atoms. The smallest absolute Gasteiger partial charge is 0.346 e. The van der Waals surface area contributed by atoms with E-state index in [0.29, 0.717) is 5.82 Å². The average molecular weight is 360 g/mol. The van der Waals surface area contributed by atoms with E-state index in [9.17, 15) is 9.59 Å². The van der Waals surface area contributed by atoms with Crippen LogP contribution in [0.25, 0.3) is 0 Å². The van der Waals surface area contributed by atoms with E-state index in [4.69, 9.17) is 9.47 Å². The van der Waals surface area contributed by atoms with E-state index in [1.807, 2.05) is 17.0 Å². The van der Waals surface area contributed by atoms with Crippen LogP contribution in [0, 0.1) is 0 Å². The van der Waals surface area contributed by atoms with Crippen LogP contribution in [-0.4, -0.2) is 47.3 Å². The van der Waals surface area contributed by atoms with Gasteiger partial charge in [-0.2, -0.15) is 0 Å². The third-order valence-corrected chi connectivity index (χ3v) is 4.97. The molecule has 4 rings (SSSR count). The molecule has 1 aromatic carbocycles. The topological polar surface area (TPSA) is 83.0 Å². The highest BCUT2D eigenvalue weighted by Gasteiger charge is 2.25. The zero-order valence-electron chi connectivity index (χ0n) is 14.9. The molecule has 0 unspecified atom stereocenters. The van der Waals surface area contributed by atoms with E-state index >= 15 is 0 Å². The molecule has 1 aromatic heterocycles. The second kappa shape index (κ2) is 6.49. The number of benzene rings is 1. The molecule has 1 N–H and O–H groups in total. The van der Waals surface area contributed by atoms with Crippen LogP contribution in [0.15, 0.2) is 27.8 Å². The number of aryl methyl sites for hydroxylation is 1. The zero-order valence-corrected chi connectivity index (χ0v) is 14.9. The highest BCUT2D eigenvalue weighted by molar-refractivity contribution is 5.44. The van der Waals surface area contributed by atoms with Crippen molar-refractivity contribution in [3.05, 3.63) is 44.6 Å². The molecule has 3 heterocycles. The van der Waals surface area contributed by atoms with Gasteiger partial charge in [-0.1, -0.05) is 0 Å². The molecule has 0 spiro atoms. The van der Waals surface area contributed by atoms with Crippen LogP contribution in [0.2, 0.25) is 0 Å². The Balaban J connectivity index is 1.43. The Morgan fingerprint density at radius 3 is 2.62 bits per heavy atom. The van der Waals surface area contributed by atoms with Crippen molar-refractivity contribution in [3.63, 3.8) is 0 Å². The molecule has 1 saturated heterocycles. The number of piperazine rings is 1. The highest BCUT2D eigenvalue weighted by atomic mass is 16.7. The highest BCUT2D eigenvalue weighted by Crippen LogP contribution is 2.32. The summed E-state index contributed by atoms with van der Waals surface area (Å²) in [6.07, 6.45) is 0. The second-order valence-electron chi connectivity index (χ2n) is 6.70. The van der Waals surface area contributed by atoms with Gasteiger partial charge in [-0.15, -0.1) is 5.10 Å². The Hall–Kier alpha value is -2.81. The molecule has 0 bridgehead atoms. The van der Waals surface area contributed by atoms with E-state index in [-0.39, 0.29) is 12.4 Å². The first-order valence-corrected chi connectivity index (χ1v) is 8.64. The van der Waals surface area contributed by atoms with Gasteiger partial charge in [0.05, 0.1) is 26.2 Å². The van der Waals surface area contributed by atoms with Crippen molar-refractivity contribution in [2.24, 2.45) is 14.1 Å². The quantitative estimate of drug-likeness (QED) is 0.689. The minimum Gasteiger partial charge on any atom is -0.454 e.